The van der Waals surface area contributed by atoms with Crippen LogP contribution >= 0.6 is 0 Å². The Labute approximate surface area is 199 Å². The molecule has 9 nitrogen and oxygen atoms in total. The van der Waals surface area contributed by atoms with Crippen molar-refractivity contribution in [3.63, 3.8) is 0 Å². The van der Waals surface area contributed by atoms with Gasteiger partial charge >= 0.3 is 5.69 Å². The van der Waals surface area contributed by atoms with Crippen LogP contribution < -0.4 is 14.7 Å². The molecule has 3 aromatic rings. The summed E-state index contributed by atoms with van der Waals surface area (Å²) in [7, 11) is 0. The van der Waals surface area contributed by atoms with Crippen molar-refractivity contribution in [2.24, 2.45) is 5.92 Å². The van der Waals surface area contributed by atoms with Gasteiger partial charge in [0.25, 0.3) is 0 Å². The van der Waals surface area contributed by atoms with E-state index in [1.807, 2.05) is 29.2 Å². The van der Waals surface area contributed by atoms with Crippen molar-refractivity contribution < 1.29 is 4.92 Å². The van der Waals surface area contributed by atoms with E-state index in [0.29, 0.717) is 30.6 Å². The second-order valence-electron chi connectivity index (χ2n) is 8.91. The van der Waals surface area contributed by atoms with Gasteiger partial charge in [-0.15, -0.1) is 0 Å². The quantitative estimate of drug-likeness (QED) is 0.408. The van der Waals surface area contributed by atoms with Gasteiger partial charge in [-0.05, 0) is 42.9 Å². The summed E-state index contributed by atoms with van der Waals surface area (Å²) in [6.45, 7) is 4.29. The molecule has 0 spiro atoms. The molecule has 0 radical (unpaired) electrons. The first-order valence-electron chi connectivity index (χ1n) is 11.9. The molecule has 0 saturated carbocycles. The van der Waals surface area contributed by atoms with E-state index >= 15 is 0 Å². The van der Waals surface area contributed by atoms with Crippen LogP contribution in [0.5, 0.6) is 0 Å². The minimum atomic E-state index is -0.314. The molecule has 0 aliphatic carbocycles. The molecule has 0 atom stereocenters. The lowest BCUT2D eigenvalue weighted by atomic mass is 9.90. The minimum Gasteiger partial charge on any atom is -0.353 e. The number of hydrogen-bond donors (Lipinski definition) is 0. The molecule has 5 rings (SSSR count). The molecule has 2 saturated heterocycles. The van der Waals surface area contributed by atoms with E-state index in [0.717, 1.165) is 51.3 Å². The number of piperazine rings is 1. The van der Waals surface area contributed by atoms with Gasteiger partial charge in [-0.3, -0.25) is 10.1 Å². The molecule has 0 amide bonds. The van der Waals surface area contributed by atoms with Gasteiger partial charge < -0.3 is 14.7 Å². The first-order chi connectivity index (χ1) is 16.7. The van der Waals surface area contributed by atoms with Crippen LogP contribution in [0.1, 0.15) is 18.4 Å². The maximum absolute atomic E-state index is 12.2. The molecule has 2 aliphatic heterocycles. The molecule has 2 aliphatic rings. The maximum Gasteiger partial charge on any atom is 0.353 e. The lowest BCUT2D eigenvalue weighted by Gasteiger charge is -2.36. The van der Waals surface area contributed by atoms with Gasteiger partial charge in [0.15, 0.2) is 0 Å². The van der Waals surface area contributed by atoms with Gasteiger partial charge in [0.2, 0.25) is 11.6 Å². The third-order valence-corrected chi connectivity index (χ3v) is 6.80. The van der Waals surface area contributed by atoms with Crippen LogP contribution in [0.2, 0.25) is 0 Å². The van der Waals surface area contributed by atoms with Crippen molar-refractivity contribution in [3.05, 3.63) is 76.7 Å². The number of aromatic nitrogens is 3. The lowest BCUT2D eigenvalue weighted by molar-refractivity contribution is -0.383. The number of rotatable bonds is 6. The third-order valence-electron chi connectivity index (χ3n) is 6.80. The van der Waals surface area contributed by atoms with E-state index in [1.165, 1.54) is 11.9 Å². The Bertz CT molecular complexity index is 1100. The van der Waals surface area contributed by atoms with Crippen LogP contribution in [0.15, 0.2) is 61.1 Å². The van der Waals surface area contributed by atoms with Crippen molar-refractivity contribution in [2.45, 2.75) is 19.3 Å². The van der Waals surface area contributed by atoms with Crippen LogP contribution in [-0.4, -0.2) is 59.1 Å². The molecular formula is C25H29N7O2. The van der Waals surface area contributed by atoms with E-state index in [2.05, 4.69) is 49.0 Å². The molecular weight excluding hydrogens is 430 g/mol. The lowest BCUT2D eigenvalue weighted by Crippen LogP contribution is -2.47. The van der Waals surface area contributed by atoms with Crippen LogP contribution in [-0.2, 0) is 6.42 Å². The van der Waals surface area contributed by atoms with Gasteiger partial charge in [-0.2, -0.15) is 0 Å². The summed E-state index contributed by atoms with van der Waals surface area (Å²) in [6.07, 6.45) is 6.29. The summed E-state index contributed by atoms with van der Waals surface area (Å²) in [5, 5.41) is 12.2. The standard InChI is InChI=1S/C25H29N7O2/c33-32(34)23-24(30-12-9-21(10-13-30)18-20-6-2-1-3-7-20)27-19-28-25(23)31-16-14-29(15-17-31)22-8-4-5-11-26-22/h1-8,11,19,21H,9-10,12-18H2. The Kier molecular flexibility index (Phi) is 6.51. The zero-order valence-corrected chi connectivity index (χ0v) is 19.2. The van der Waals surface area contributed by atoms with Crippen molar-refractivity contribution in [2.75, 3.05) is 54.0 Å². The molecule has 176 valence electrons. The number of hydrogen-bond acceptors (Lipinski definition) is 8. The number of benzene rings is 1. The number of nitro groups is 1. The third kappa shape index (κ3) is 4.78. The zero-order chi connectivity index (χ0) is 23.3. The van der Waals surface area contributed by atoms with E-state index < -0.39 is 0 Å². The van der Waals surface area contributed by atoms with Gasteiger partial charge in [0, 0.05) is 45.5 Å². The molecule has 34 heavy (non-hydrogen) atoms. The van der Waals surface area contributed by atoms with Gasteiger partial charge in [0.1, 0.15) is 12.1 Å². The normalized spacial score (nSPS) is 17.1. The van der Waals surface area contributed by atoms with Gasteiger partial charge in [-0.1, -0.05) is 36.4 Å². The molecule has 0 bridgehead atoms. The summed E-state index contributed by atoms with van der Waals surface area (Å²) in [5.74, 6) is 2.37. The van der Waals surface area contributed by atoms with Crippen molar-refractivity contribution in [1.82, 2.24) is 15.0 Å². The summed E-state index contributed by atoms with van der Waals surface area (Å²) in [4.78, 5) is 31.3. The summed E-state index contributed by atoms with van der Waals surface area (Å²) in [6, 6.07) is 16.4. The highest BCUT2D eigenvalue weighted by molar-refractivity contribution is 5.71. The van der Waals surface area contributed by atoms with Gasteiger partial charge in [-0.25, -0.2) is 15.0 Å². The Morgan fingerprint density at radius 3 is 2.03 bits per heavy atom. The van der Waals surface area contributed by atoms with Crippen molar-refractivity contribution in [1.29, 1.82) is 0 Å². The fraction of sp³-hybridized carbons (Fsp3) is 0.400. The molecule has 4 heterocycles. The molecule has 0 unspecified atom stereocenters. The van der Waals surface area contributed by atoms with Crippen LogP contribution in [0.4, 0.5) is 23.1 Å². The number of anilines is 3. The average molecular weight is 460 g/mol. The van der Waals surface area contributed by atoms with Gasteiger partial charge in [0.05, 0.1) is 4.92 Å². The minimum absolute atomic E-state index is 0.0234. The fourth-order valence-electron chi connectivity index (χ4n) is 4.97. The number of nitrogens with zero attached hydrogens (tertiary/aromatic N) is 7. The second-order valence-corrected chi connectivity index (χ2v) is 8.91. The summed E-state index contributed by atoms with van der Waals surface area (Å²) >= 11 is 0. The molecule has 9 heteroatoms. The summed E-state index contributed by atoms with van der Waals surface area (Å²) < 4.78 is 0. The average Bonchev–Trinajstić information content (AvgIpc) is 2.90. The Hall–Kier alpha value is -3.75. The number of pyridine rings is 1. The largest absolute Gasteiger partial charge is 0.353 e. The first-order valence-corrected chi connectivity index (χ1v) is 11.9. The number of piperidine rings is 1. The first kappa shape index (κ1) is 22.1. The SMILES string of the molecule is O=[N+]([O-])c1c(N2CCC(Cc3ccccc3)CC2)ncnc1N1CCN(c2ccccn2)CC1. The predicted molar refractivity (Wildman–Crippen MR) is 132 cm³/mol. The molecule has 1 aromatic carbocycles. The monoisotopic (exact) mass is 459 g/mol. The highest BCUT2D eigenvalue weighted by Crippen LogP contribution is 2.36. The summed E-state index contributed by atoms with van der Waals surface area (Å²) in [5.41, 5.74) is 1.37. The van der Waals surface area contributed by atoms with Crippen molar-refractivity contribution >= 4 is 23.1 Å². The van der Waals surface area contributed by atoms with E-state index in [1.54, 1.807) is 6.20 Å². The van der Waals surface area contributed by atoms with Crippen LogP contribution in [0, 0.1) is 16.0 Å². The van der Waals surface area contributed by atoms with Crippen LogP contribution in [0.3, 0.4) is 0 Å². The van der Waals surface area contributed by atoms with Crippen molar-refractivity contribution in [3.8, 4) is 0 Å². The molecule has 0 N–H and O–H groups in total. The maximum atomic E-state index is 12.2. The molecule has 2 fully saturated rings. The zero-order valence-electron chi connectivity index (χ0n) is 19.2. The smallest absolute Gasteiger partial charge is 0.353 e. The van der Waals surface area contributed by atoms with E-state index in [4.69, 9.17) is 0 Å². The van der Waals surface area contributed by atoms with E-state index in [-0.39, 0.29) is 10.6 Å². The fourth-order valence-corrected chi connectivity index (χ4v) is 4.97. The Morgan fingerprint density at radius 2 is 1.41 bits per heavy atom. The van der Waals surface area contributed by atoms with Crippen LogP contribution in [0.25, 0.3) is 0 Å². The Balaban J connectivity index is 1.28. The highest BCUT2D eigenvalue weighted by atomic mass is 16.6. The highest BCUT2D eigenvalue weighted by Gasteiger charge is 2.33. The second kappa shape index (κ2) is 10.0. The molecule has 2 aromatic heterocycles. The Morgan fingerprint density at radius 1 is 0.794 bits per heavy atom. The predicted octanol–water partition coefficient (Wildman–Crippen LogP) is 3.57. The topological polar surface area (TPSA) is 91.5 Å². The van der Waals surface area contributed by atoms with E-state index in [9.17, 15) is 10.1 Å².